The lowest BCUT2D eigenvalue weighted by atomic mass is 10.3. The van der Waals surface area contributed by atoms with Gasteiger partial charge in [0.25, 0.3) is 11.8 Å². The smallest absolute Gasteiger partial charge is 0.319 e. The van der Waals surface area contributed by atoms with Crippen molar-refractivity contribution in [2.75, 3.05) is 5.32 Å². The molecule has 1 heterocycles. The van der Waals surface area contributed by atoms with Crippen molar-refractivity contribution >= 4 is 45.9 Å². The molecule has 2 aromatic rings. The number of nitrogens with two attached hydrogens (primary N) is 1. The van der Waals surface area contributed by atoms with E-state index in [0.717, 1.165) is 4.90 Å². The van der Waals surface area contributed by atoms with Crippen LogP contribution in [0.3, 0.4) is 0 Å². The number of benzene rings is 1. The van der Waals surface area contributed by atoms with Gasteiger partial charge in [-0.3, -0.25) is 14.4 Å². The maximum atomic E-state index is 12.2. The Kier molecular flexibility index (Phi) is 6.60. The Balaban J connectivity index is 1.90. The molecule has 0 radical (unpaired) electrons. The minimum absolute atomic E-state index is 0.227. The molecule has 0 saturated carbocycles. The van der Waals surface area contributed by atoms with Gasteiger partial charge in [-0.2, -0.15) is 0 Å². The number of esters is 1. The van der Waals surface area contributed by atoms with Crippen molar-refractivity contribution in [3.63, 3.8) is 0 Å². The van der Waals surface area contributed by atoms with Gasteiger partial charge in [-0.1, -0.05) is 18.2 Å². The highest BCUT2D eigenvalue weighted by Gasteiger charge is 2.24. The van der Waals surface area contributed by atoms with Crippen molar-refractivity contribution in [2.24, 2.45) is 5.73 Å². The summed E-state index contributed by atoms with van der Waals surface area (Å²) in [6.07, 6.45) is -0.992. The molecule has 6 nitrogen and oxygen atoms in total. The van der Waals surface area contributed by atoms with Crippen molar-refractivity contribution in [1.82, 2.24) is 0 Å². The predicted octanol–water partition coefficient (Wildman–Crippen LogP) is 2.90. The average Bonchev–Trinajstić information content (AvgIpc) is 3.04. The predicted molar refractivity (Wildman–Crippen MR) is 98.8 cm³/mol. The Morgan fingerprint density at radius 1 is 1.16 bits per heavy atom. The summed E-state index contributed by atoms with van der Waals surface area (Å²) in [6, 6.07) is 11.0. The summed E-state index contributed by atoms with van der Waals surface area (Å²) in [5.74, 6) is -1.64. The van der Waals surface area contributed by atoms with E-state index in [1.54, 1.807) is 12.3 Å². The third-order valence-electron chi connectivity index (χ3n) is 3.22. The van der Waals surface area contributed by atoms with Gasteiger partial charge in [0.15, 0.2) is 6.10 Å². The zero-order valence-electron chi connectivity index (χ0n) is 13.7. The summed E-state index contributed by atoms with van der Waals surface area (Å²) in [5.41, 5.74) is 5.46. The van der Waals surface area contributed by atoms with Gasteiger partial charge in [0.05, 0.1) is 5.56 Å². The molecule has 0 fully saturated rings. The number of nitrogens with one attached hydrogen (secondary N) is 1. The largest absolute Gasteiger partial charge is 0.452 e. The third-order valence-corrected chi connectivity index (χ3v) is 5.14. The summed E-state index contributed by atoms with van der Waals surface area (Å²) >= 11 is 2.52. The topological polar surface area (TPSA) is 98.5 Å². The van der Waals surface area contributed by atoms with Crippen LogP contribution in [0, 0.1) is 0 Å². The first-order valence-electron chi connectivity index (χ1n) is 7.49. The van der Waals surface area contributed by atoms with E-state index in [1.165, 1.54) is 36.1 Å². The van der Waals surface area contributed by atoms with E-state index in [1.807, 2.05) is 30.3 Å². The number of primary amides is 1. The molecule has 1 aromatic carbocycles. The molecule has 25 heavy (non-hydrogen) atoms. The highest BCUT2D eigenvalue weighted by Crippen LogP contribution is 2.25. The molecule has 0 unspecified atom stereocenters. The fourth-order valence-corrected chi connectivity index (χ4v) is 3.56. The number of anilines is 1. The monoisotopic (exact) mass is 378 g/mol. The second-order valence-corrected chi connectivity index (χ2v) is 7.50. The van der Waals surface area contributed by atoms with Crippen molar-refractivity contribution in [1.29, 1.82) is 0 Å². The SMILES string of the molecule is C[C@H](Sc1ccccc1)C(=O)O[C@H](C)C(=O)Nc1sccc1C(N)=O. The number of amides is 2. The Labute approximate surface area is 153 Å². The molecule has 0 saturated heterocycles. The Hall–Kier alpha value is -2.32. The van der Waals surface area contributed by atoms with Crippen LogP contribution in [-0.2, 0) is 14.3 Å². The highest BCUT2D eigenvalue weighted by molar-refractivity contribution is 8.00. The van der Waals surface area contributed by atoms with E-state index >= 15 is 0 Å². The molecule has 0 aliphatic heterocycles. The van der Waals surface area contributed by atoms with Crippen molar-refractivity contribution in [2.45, 2.75) is 30.1 Å². The lowest BCUT2D eigenvalue weighted by Gasteiger charge is -2.16. The Morgan fingerprint density at radius 3 is 2.48 bits per heavy atom. The second-order valence-electron chi connectivity index (χ2n) is 5.17. The van der Waals surface area contributed by atoms with E-state index in [4.69, 9.17) is 10.5 Å². The number of hydrogen-bond donors (Lipinski definition) is 2. The van der Waals surface area contributed by atoms with Gasteiger partial charge in [-0.25, -0.2) is 0 Å². The average molecular weight is 378 g/mol. The van der Waals surface area contributed by atoms with E-state index in [2.05, 4.69) is 5.32 Å². The van der Waals surface area contributed by atoms with Crippen molar-refractivity contribution in [3.8, 4) is 0 Å². The molecule has 2 rings (SSSR count). The number of carbonyl (C=O) groups excluding carboxylic acids is 3. The van der Waals surface area contributed by atoms with Crippen LogP contribution < -0.4 is 11.1 Å². The molecule has 0 aliphatic carbocycles. The molecule has 0 bridgehead atoms. The zero-order chi connectivity index (χ0) is 18.4. The molecular formula is C17H18N2O4S2. The lowest BCUT2D eigenvalue weighted by molar-refractivity contribution is -0.152. The summed E-state index contributed by atoms with van der Waals surface area (Å²) < 4.78 is 5.21. The maximum Gasteiger partial charge on any atom is 0.319 e. The Morgan fingerprint density at radius 2 is 1.84 bits per heavy atom. The normalized spacial score (nSPS) is 12.9. The van der Waals surface area contributed by atoms with Gasteiger partial charge < -0.3 is 15.8 Å². The third kappa shape index (κ3) is 5.33. The van der Waals surface area contributed by atoms with Crippen LogP contribution in [0.2, 0.25) is 0 Å². The van der Waals surface area contributed by atoms with Crippen LogP contribution in [-0.4, -0.2) is 29.1 Å². The summed E-state index contributed by atoms with van der Waals surface area (Å²) in [5, 5.41) is 4.09. The minimum Gasteiger partial charge on any atom is -0.452 e. The number of ether oxygens (including phenoxy) is 1. The first kappa shape index (κ1) is 19.0. The molecule has 2 atom stereocenters. The van der Waals surface area contributed by atoms with Crippen LogP contribution in [0.1, 0.15) is 24.2 Å². The van der Waals surface area contributed by atoms with Crippen LogP contribution in [0.25, 0.3) is 0 Å². The number of hydrogen-bond acceptors (Lipinski definition) is 6. The Bertz CT molecular complexity index is 761. The molecule has 8 heteroatoms. The fraction of sp³-hybridized carbons (Fsp3) is 0.235. The van der Waals surface area contributed by atoms with Crippen LogP contribution in [0.4, 0.5) is 5.00 Å². The first-order chi connectivity index (χ1) is 11.9. The number of thiophene rings is 1. The van der Waals surface area contributed by atoms with E-state index in [0.29, 0.717) is 5.00 Å². The molecule has 2 amide bonds. The van der Waals surface area contributed by atoms with Gasteiger partial charge >= 0.3 is 5.97 Å². The standard InChI is InChI=1S/C17H18N2O4S2/c1-10(15(21)19-16-13(14(18)20)8-9-24-16)23-17(22)11(2)25-12-6-4-3-5-7-12/h3-11H,1-2H3,(H2,18,20)(H,19,21)/t10-,11+/m1/s1. The van der Waals surface area contributed by atoms with Crippen molar-refractivity contribution < 1.29 is 19.1 Å². The summed E-state index contributed by atoms with van der Waals surface area (Å²) in [4.78, 5) is 36.5. The van der Waals surface area contributed by atoms with Gasteiger partial charge in [0.1, 0.15) is 10.3 Å². The maximum absolute atomic E-state index is 12.2. The van der Waals surface area contributed by atoms with E-state index < -0.39 is 29.1 Å². The molecule has 0 spiro atoms. The van der Waals surface area contributed by atoms with Crippen LogP contribution in [0.5, 0.6) is 0 Å². The van der Waals surface area contributed by atoms with Crippen LogP contribution >= 0.6 is 23.1 Å². The van der Waals surface area contributed by atoms with E-state index in [9.17, 15) is 14.4 Å². The molecule has 132 valence electrons. The minimum atomic E-state index is -0.992. The highest BCUT2D eigenvalue weighted by atomic mass is 32.2. The number of thioether (sulfide) groups is 1. The zero-order valence-corrected chi connectivity index (χ0v) is 15.4. The lowest BCUT2D eigenvalue weighted by Crippen LogP contribution is -2.32. The van der Waals surface area contributed by atoms with Gasteiger partial charge in [-0.05, 0) is 37.4 Å². The van der Waals surface area contributed by atoms with Gasteiger partial charge in [0.2, 0.25) is 0 Å². The first-order valence-corrected chi connectivity index (χ1v) is 9.24. The van der Waals surface area contributed by atoms with E-state index in [-0.39, 0.29) is 5.56 Å². The molecular weight excluding hydrogens is 360 g/mol. The molecule has 0 aliphatic rings. The van der Waals surface area contributed by atoms with Crippen LogP contribution in [0.15, 0.2) is 46.7 Å². The second kappa shape index (κ2) is 8.68. The number of rotatable bonds is 7. The quantitative estimate of drug-likeness (QED) is 0.570. The van der Waals surface area contributed by atoms with Gasteiger partial charge in [0, 0.05) is 4.90 Å². The molecule has 3 N–H and O–H groups in total. The molecule has 1 aromatic heterocycles. The summed E-state index contributed by atoms with van der Waals surface area (Å²) in [6.45, 7) is 3.19. The van der Waals surface area contributed by atoms with Crippen molar-refractivity contribution in [3.05, 3.63) is 47.3 Å². The number of carbonyl (C=O) groups is 3. The fourth-order valence-electron chi connectivity index (χ4n) is 1.89. The van der Waals surface area contributed by atoms with Gasteiger partial charge in [-0.15, -0.1) is 23.1 Å². The summed E-state index contributed by atoms with van der Waals surface area (Å²) in [7, 11) is 0.